The molecule has 2 bridgehead atoms. The van der Waals surface area contributed by atoms with Crippen molar-refractivity contribution >= 4 is 0 Å². The molecule has 220 valence electrons. The van der Waals surface area contributed by atoms with Crippen molar-refractivity contribution in [2.75, 3.05) is 0 Å². The van der Waals surface area contributed by atoms with Crippen LogP contribution in [0.4, 0.5) is 0 Å². The van der Waals surface area contributed by atoms with E-state index in [1.807, 2.05) is 0 Å². The lowest BCUT2D eigenvalue weighted by Crippen LogP contribution is -2.23. The summed E-state index contributed by atoms with van der Waals surface area (Å²) in [5, 5.41) is 0. The molecule has 0 N–H and O–H groups in total. The van der Waals surface area contributed by atoms with Gasteiger partial charge in [0.1, 0.15) is 0 Å². The van der Waals surface area contributed by atoms with Crippen molar-refractivity contribution in [1.29, 1.82) is 0 Å². The summed E-state index contributed by atoms with van der Waals surface area (Å²) in [5.74, 6) is 2.23. The molecule has 0 aromatic heterocycles. The second-order valence-electron chi connectivity index (χ2n) is 13.7. The highest BCUT2D eigenvalue weighted by atomic mass is 14.3. The van der Waals surface area contributed by atoms with E-state index in [4.69, 9.17) is 0 Å². The normalized spacial score (nSPS) is 28.5. The van der Waals surface area contributed by atoms with Gasteiger partial charge in [-0.3, -0.25) is 0 Å². The first-order valence-electron chi connectivity index (χ1n) is 18.4. The third kappa shape index (κ3) is 21.5. The van der Waals surface area contributed by atoms with E-state index >= 15 is 0 Å². The van der Waals surface area contributed by atoms with Gasteiger partial charge in [0.25, 0.3) is 0 Å². The first-order valence-corrected chi connectivity index (χ1v) is 18.4. The fourth-order valence-corrected chi connectivity index (χ4v) is 7.34. The average molecular weight is 517 g/mol. The Balaban J connectivity index is 1.45. The Hall–Kier alpha value is 0. The predicted octanol–water partition coefficient (Wildman–Crippen LogP) is 13.9. The SMILES string of the molecule is C1CCCCCCCCCCCCCCCCC2CC(CCCCCCCCCCCCCCCC1)C2. The van der Waals surface area contributed by atoms with Crippen LogP contribution in [0.15, 0.2) is 0 Å². The minimum atomic E-state index is 1.11. The molecule has 0 radical (unpaired) electrons. The van der Waals surface area contributed by atoms with Crippen LogP contribution in [0.1, 0.15) is 225 Å². The summed E-state index contributed by atoms with van der Waals surface area (Å²) in [5.41, 5.74) is 0. The molecule has 3 fully saturated rings. The molecular formula is C37H72. The van der Waals surface area contributed by atoms with Gasteiger partial charge < -0.3 is 0 Å². The summed E-state index contributed by atoms with van der Waals surface area (Å²) in [6, 6.07) is 0. The Morgan fingerprint density at radius 3 is 0.459 bits per heavy atom. The molecule has 37 heavy (non-hydrogen) atoms. The van der Waals surface area contributed by atoms with Crippen molar-refractivity contribution < 1.29 is 0 Å². The summed E-state index contributed by atoms with van der Waals surface area (Å²) in [6.45, 7) is 0. The average Bonchev–Trinajstić information content (AvgIpc) is 2.88. The molecular weight excluding hydrogens is 444 g/mol. The van der Waals surface area contributed by atoms with Crippen LogP contribution in [0.5, 0.6) is 0 Å². The number of fused-ring (bicyclic) bond motifs is 32. The zero-order valence-corrected chi connectivity index (χ0v) is 25.9. The molecule has 0 amide bonds. The summed E-state index contributed by atoms with van der Waals surface area (Å²) in [7, 11) is 0. The van der Waals surface area contributed by atoms with Crippen molar-refractivity contribution in [2.24, 2.45) is 11.8 Å². The minimum absolute atomic E-state index is 1.11. The summed E-state index contributed by atoms with van der Waals surface area (Å²) < 4.78 is 0. The number of hydrogen-bond donors (Lipinski definition) is 0. The monoisotopic (exact) mass is 517 g/mol. The quantitative estimate of drug-likeness (QED) is 0.300. The molecule has 0 unspecified atom stereocenters. The van der Waals surface area contributed by atoms with E-state index in [1.165, 1.54) is 199 Å². The summed E-state index contributed by atoms with van der Waals surface area (Å²) in [4.78, 5) is 0. The topological polar surface area (TPSA) is 0 Å². The second kappa shape index (κ2) is 26.2. The molecule has 0 heterocycles. The van der Waals surface area contributed by atoms with Crippen molar-refractivity contribution in [3.05, 3.63) is 0 Å². The molecule has 0 atom stereocenters. The molecule has 3 rings (SSSR count). The van der Waals surface area contributed by atoms with E-state index in [9.17, 15) is 0 Å². The number of hydrogen-bond acceptors (Lipinski definition) is 0. The van der Waals surface area contributed by atoms with E-state index in [-0.39, 0.29) is 0 Å². The Kier molecular flexibility index (Phi) is 23.5. The zero-order valence-electron chi connectivity index (χ0n) is 25.9. The maximum absolute atomic E-state index is 1.58. The maximum Gasteiger partial charge on any atom is -0.0409 e. The number of rotatable bonds is 0. The van der Waals surface area contributed by atoms with Gasteiger partial charge >= 0.3 is 0 Å². The molecule has 3 saturated carbocycles. The Bertz CT molecular complexity index is 390. The van der Waals surface area contributed by atoms with Gasteiger partial charge in [-0.1, -0.05) is 212 Å². The van der Waals surface area contributed by atoms with Crippen LogP contribution in [0.2, 0.25) is 0 Å². The van der Waals surface area contributed by atoms with Gasteiger partial charge in [0.2, 0.25) is 0 Å². The lowest BCUT2D eigenvalue weighted by molar-refractivity contribution is 0.163. The Morgan fingerprint density at radius 2 is 0.297 bits per heavy atom. The van der Waals surface area contributed by atoms with E-state index < -0.39 is 0 Å². The molecule has 0 heteroatoms. The first-order chi connectivity index (χ1) is 18.4. The zero-order chi connectivity index (χ0) is 25.9. The van der Waals surface area contributed by atoms with Crippen LogP contribution in [0.3, 0.4) is 0 Å². The van der Waals surface area contributed by atoms with Crippen molar-refractivity contribution in [3.8, 4) is 0 Å². The van der Waals surface area contributed by atoms with Crippen molar-refractivity contribution in [1.82, 2.24) is 0 Å². The Labute approximate surface area is 236 Å². The molecule has 0 aromatic rings. The molecule has 0 nitrogen and oxygen atoms in total. The molecule has 3 aliphatic rings. The molecule has 0 saturated heterocycles. The third-order valence-electron chi connectivity index (χ3n) is 10.1. The van der Waals surface area contributed by atoms with Gasteiger partial charge in [0, 0.05) is 0 Å². The van der Waals surface area contributed by atoms with Gasteiger partial charge in [0.15, 0.2) is 0 Å². The van der Waals surface area contributed by atoms with Crippen LogP contribution in [-0.2, 0) is 0 Å². The smallest absolute Gasteiger partial charge is 0.0409 e. The highest BCUT2D eigenvalue weighted by Crippen LogP contribution is 2.40. The van der Waals surface area contributed by atoms with Crippen molar-refractivity contribution in [2.45, 2.75) is 225 Å². The fraction of sp³-hybridized carbons (Fsp3) is 1.00. The first kappa shape index (κ1) is 33.2. The highest BCUT2D eigenvalue weighted by Gasteiger charge is 2.27. The molecule has 0 aliphatic heterocycles. The molecule has 0 aromatic carbocycles. The van der Waals surface area contributed by atoms with Crippen LogP contribution in [0, 0.1) is 11.8 Å². The van der Waals surface area contributed by atoms with Crippen LogP contribution in [0.25, 0.3) is 0 Å². The lowest BCUT2D eigenvalue weighted by atomic mass is 9.70. The van der Waals surface area contributed by atoms with Crippen molar-refractivity contribution in [3.63, 3.8) is 0 Å². The lowest BCUT2D eigenvalue weighted by Gasteiger charge is -2.35. The van der Waals surface area contributed by atoms with Gasteiger partial charge in [-0.05, 0) is 24.7 Å². The summed E-state index contributed by atoms with van der Waals surface area (Å²) >= 11 is 0. The third-order valence-corrected chi connectivity index (χ3v) is 10.1. The van der Waals surface area contributed by atoms with Crippen LogP contribution in [-0.4, -0.2) is 0 Å². The van der Waals surface area contributed by atoms with E-state index in [1.54, 1.807) is 25.7 Å². The standard InChI is InChI=1S/C37H72/c1-2-4-6-8-10-12-14-16-18-20-22-24-26-28-30-32-36-34-37(35-36)33-31-29-27-25-23-21-19-17-15-13-11-9-7-5-3-1/h36-37H,1-35H2. The maximum atomic E-state index is 1.58. The van der Waals surface area contributed by atoms with Crippen LogP contribution >= 0.6 is 0 Å². The highest BCUT2D eigenvalue weighted by molar-refractivity contribution is 4.79. The van der Waals surface area contributed by atoms with Gasteiger partial charge in [0.05, 0.1) is 0 Å². The molecule has 3 aliphatic carbocycles. The van der Waals surface area contributed by atoms with E-state index in [0.717, 1.165) is 11.8 Å². The fourth-order valence-electron chi connectivity index (χ4n) is 7.34. The van der Waals surface area contributed by atoms with Gasteiger partial charge in [-0.2, -0.15) is 0 Å². The van der Waals surface area contributed by atoms with Crippen LogP contribution < -0.4 is 0 Å². The van der Waals surface area contributed by atoms with Gasteiger partial charge in [-0.15, -0.1) is 0 Å². The largest absolute Gasteiger partial charge is 0.0533 e. The Morgan fingerprint density at radius 1 is 0.162 bits per heavy atom. The predicted molar refractivity (Wildman–Crippen MR) is 169 cm³/mol. The second-order valence-corrected chi connectivity index (χ2v) is 13.7. The minimum Gasteiger partial charge on any atom is -0.0533 e. The molecule has 0 spiro atoms. The van der Waals surface area contributed by atoms with E-state index in [2.05, 4.69) is 0 Å². The van der Waals surface area contributed by atoms with Gasteiger partial charge in [-0.25, -0.2) is 0 Å². The van der Waals surface area contributed by atoms with E-state index in [0.29, 0.717) is 0 Å². The summed E-state index contributed by atoms with van der Waals surface area (Å²) in [6.07, 6.45) is 52.9.